The standard InChI is InChI=1S/C13H26N2O/c1-5-11-7-6-10(4)15(11)13(16)12(8-14)9(2)3/h9-12H,5-8,14H2,1-4H3. The minimum absolute atomic E-state index is 0.00500. The first-order chi connectivity index (χ1) is 7.52. The largest absolute Gasteiger partial charge is 0.337 e. The Balaban J connectivity index is 2.77. The second-order valence-corrected chi connectivity index (χ2v) is 5.32. The smallest absolute Gasteiger partial charge is 0.227 e. The van der Waals surface area contributed by atoms with Crippen molar-refractivity contribution in [3.8, 4) is 0 Å². The second-order valence-electron chi connectivity index (χ2n) is 5.32. The lowest BCUT2D eigenvalue weighted by Crippen LogP contribution is -2.46. The van der Waals surface area contributed by atoms with Crippen LogP contribution < -0.4 is 5.73 Å². The fraction of sp³-hybridized carbons (Fsp3) is 0.923. The summed E-state index contributed by atoms with van der Waals surface area (Å²) in [7, 11) is 0. The lowest BCUT2D eigenvalue weighted by molar-refractivity contribution is -0.139. The first kappa shape index (κ1) is 13.5. The van der Waals surface area contributed by atoms with Gasteiger partial charge in [0.15, 0.2) is 0 Å². The predicted molar refractivity (Wildman–Crippen MR) is 67.0 cm³/mol. The molecule has 0 radical (unpaired) electrons. The Labute approximate surface area is 99.4 Å². The summed E-state index contributed by atoms with van der Waals surface area (Å²) in [5.74, 6) is 0.603. The van der Waals surface area contributed by atoms with E-state index in [1.807, 2.05) is 0 Å². The number of rotatable bonds is 4. The maximum Gasteiger partial charge on any atom is 0.227 e. The van der Waals surface area contributed by atoms with Crippen LogP contribution >= 0.6 is 0 Å². The Hall–Kier alpha value is -0.570. The molecule has 3 heteroatoms. The highest BCUT2D eigenvalue weighted by Gasteiger charge is 2.36. The molecule has 1 heterocycles. The summed E-state index contributed by atoms with van der Waals surface area (Å²) >= 11 is 0. The van der Waals surface area contributed by atoms with Gasteiger partial charge in [-0.2, -0.15) is 0 Å². The van der Waals surface area contributed by atoms with Gasteiger partial charge in [0.1, 0.15) is 0 Å². The summed E-state index contributed by atoms with van der Waals surface area (Å²) in [4.78, 5) is 14.5. The maximum atomic E-state index is 12.4. The zero-order valence-corrected chi connectivity index (χ0v) is 11.1. The fourth-order valence-corrected chi connectivity index (χ4v) is 2.72. The number of carbonyl (C=O) groups excluding carboxylic acids is 1. The molecule has 16 heavy (non-hydrogen) atoms. The van der Waals surface area contributed by atoms with Gasteiger partial charge < -0.3 is 10.6 Å². The highest BCUT2D eigenvalue weighted by atomic mass is 16.2. The number of hydrogen-bond acceptors (Lipinski definition) is 2. The van der Waals surface area contributed by atoms with Crippen molar-refractivity contribution in [3.63, 3.8) is 0 Å². The van der Waals surface area contributed by atoms with Crippen LogP contribution in [0.15, 0.2) is 0 Å². The van der Waals surface area contributed by atoms with E-state index in [0.717, 1.165) is 19.3 Å². The number of nitrogens with two attached hydrogens (primary N) is 1. The average molecular weight is 226 g/mol. The van der Waals surface area contributed by atoms with Gasteiger partial charge in [-0.1, -0.05) is 20.8 Å². The molecule has 1 amide bonds. The van der Waals surface area contributed by atoms with Gasteiger partial charge in [0, 0.05) is 18.6 Å². The van der Waals surface area contributed by atoms with Crippen LogP contribution in [0.3, 0.4) is 0 Å². The molecule has 0 aliphatic carbocycles. The van der Waals surface area contributed by atoms with Gasteiger partial charge in [-0.3, -0.25) is 4.79 Å². The summed E-state index contributed by atoms with van der Waals surface area (Å²) in [6.45, 7) is 8.95. The van der Waals surface area contributed by atoms with E-state index < -0.39 is 0 Å². The van der Waals surface area contributed by atoms with Crippen molar-refractivity contribution in [3.05, 3.63) is 0 Å². The number of hydrogen-bond donors (Lipinski definition) is 1. The van der Waals surface area contributed by atoms with E-state index in [1.165, 1.54) is 0 Å². The van der Waals surface area contributed by atoms with E-state index in [1.54, 1.807) is 0 Å². The molecule has 0 saturated carbocycles. The molecule has 0 spiro atoms. The van der Waals surface area contributed by atoms with Crippen molar-refractivity contribution in [2.45, 2.75) is 59.0 Å². The van der Waals surface area contributed by atoms with Crippen molar-refractivity contribution < 1.29 is 4.79 Å². The molecule has 0 aromatic rings. The van der Waals surface area contributed by atoms with Gasteiger partial charge in [-0.15, -0.1) is 0 Å². The molecule has 1 saturated heterocycles. The lowest BCUT2D eigenvalue weighted by Gasteiger charge is -2.32. The summed E-state index contributed by atoms with van der Waals surface area (Å²) in [6, 6.07) is 0.834. The fourth-order valence-electron chi connectivity index (χ4n) is 2.72. The molecule has 94 valence electrons. The van der Waals surface area contributed by atoms with Crippen LogP contribution in [0.25, 0.3) is 0 Å². The quantitative estimate of drug-likeness (QED) is 0.797. The number of amides is 1. The van der Waals surface area contributed by atoms with Gasteiger partial charge in [0.2, 0.25) is 5.91 Å². The highest BCUT2D eigenvalue weighted by Crippen LogP contribution is 2.29. The molecule has 0 aromatic carbocycles. The van der Waals surface area contributed by atoms with Crippen molar-refractivity contribution in [2.75, 3.05) is 6.54 Å². The van der Waals surface area contributed by atoms with Gasteiger partial charge in [-0.05, 0) is 32.1 Å². The van der Waals surface area contributed by atoms with E-state index in [0.29, 0.717) is 24.5 Å². The van der Waals surface area contributed by atoms with Gasteiger partial charge in [0.05, 0.1) is 5.92 Å². The Morgan fingerprint density at radius 2 is 2.06 bits per heavy atom. The zero-order valence-electron chi connectivity index (χ0n) is 11.1. The van der Waals surface area contributed by atoms with E-state index >= 15 is 0 Å². The molecular formula is C13H26N2O. The maximum absolute atomic E-state index is 12.4. The topological polar surface area (TPSA) is 46.3 Å². The van der Waals surface area contributed by atoms with Crippen LogP contribution in [0.4, 0.5) is 0 Å². The molecule has 1 aliphatic rings. The van der Waals surface area contributed by atoms with Crippen LogP contribution in [0, 0.1) is 11.8 Å². The molecule has 1 rings (SSSR count). The van der Waals surface area contributed by atoms with Crippen LogP contribution in [0.2, 0.25) is 0 Å². The van der Waals surface area contributed by atoms with E-state index in [9.17, 15) is 4.79 Å². The molecule has 3 unspecified atom stereocenters. The summed E-state index contributed by atoms with van der Waals surface area (Å²) < 4.78 is 0. The van der Waals surface area contributed by atoms with Gasteiger partial charge >= 0.3 is 0 Å². The molecule has 3 atom stereocenters. The first-order valence-electron chi connectivity index (χ1n) is 6.55. The molecule has 0 bridgehead atoms. The molecule has 2 N–H and O–H groups in total. The molecule has 0 aromatic heterocycles. The lowest BCUT2D eigenvalue weighted by atomic mass is 9.93. The summed E-state index contributed by atoms with van der Waals surface area (Å²) in [6.07, 6.45) is 3.35. The Morgan fingerprint density at radius 1 is 1.44 bits per heavy atom. The van der Waals surface area contributed by atoms with Crippen LogP contribution in [0.5, 0.6) is 0 Å². The number of carbonyl (C=O) groups is 1. The number of nitrogens with zero attached hydrogens (tertiary/aromatic N) is 1. The number of likely N-dealkylation sites (tertiary alicyclic amines) is 1. The van der Waals surface area contributed by atoms with Gasteiger partial charge in [-0.25, -0.2) is 0 Å². The summed E-state index contributed by atoms with van der Waals surface area (Å²) in [5.41, 5.74) is 5.73. The Bertz CT molecular complexity index is 240. The third kappa shape index (κ3) is 2.57. The molecule has 1 fully saturated rings. The van der Waals surface area contributed by atoms with Crippen molar-refractivity contribution >= 4 is 5.91 Å². The Morgan fingerprint density at radius 3 is 2.50 bits per heavy atom. The van der Waals surface area contributed by atoms with Crippen molar-refractivity contribution in [1.82, 2.24) is 4.90 Å². The zero-order chi connectivity index (χ0) is 12.3. The van der Waals surface area contributed by atoms with Gasteiger partial charge in [0.25, 0.3) is 0 Å². The molecule has 1 aliphatic heterocycles. The molecular weight excluding hydrogens is 200 g/mol. The van der Waals surface area contributed by atoms with Crippen molar-refractivity contribution in [2.24, 2.45) is 17.6 Å². The second kappa shape index (κ2) is 5.67. The normalized spacial score (nSPS) is 27.5. The highest BCUT2D eigenvalue weighted by molar-refractivity contribution is 5.80. The van der Waals surface area contributed by atoms with E-state index in [2.05, 4.69) is 32.6 Å². The van der Waals surface area contributed by atoms with E-state index in [4.69, 9.17) is 5.73 Å². The monoisotopic (exact) mass is 226 g/mol. The average Bonchev–Trinajstić information content (AvgIpc) is 2.59. The summed E-state index contributed by atoms with van der Waals surface area (Å²) in [5, 5.41) is 0. The first-order valence-corrected chi connectivity index (χ1v) is 6.55. The molecule has 3 nitrogen and oxygen atoms in total. The van der Waals surface area contributed by atoms with Crippen LogP contribution in [-0.2, 0) is 4.79 Å². The van der Waals surface area contributed by atoms with Crippen molar-refractivity contribution in [1.29, 1.82) is 0 Å². The van der Waals surface area contributed by atoms with Crippen LogP contribution in [-0.4, -0.2) is 29.4 Å². The third-order valence-corrected chi connectivity index (χ3v) is 3.89. The minimum Gasteiger partial charge on any atom is -0.337 e. The minimum atomic E-state index is -0.00500. The SMILES string of the molecule is CCC1CCC(C)N1C(=O)C(CN)C(C)C. The van der Waals surface area contributed by atoms with E-state index in [-0.39, 0.29) is 11.8 Å². The Kier molecular flexibility index (Phi) is 4.78. The predicted octanol–water partition coefficient (Wildman–Crippen LogP) is 2.01. The third-order valence-electron chi connectivity index (χ3n) is 3.89. The van der Waals surface area contributed by atoms with Crippen LogP contribution in [0.1, 0.15) is 47.0 Å².